The summed E-state index contributed by atoms with van der Waals surface area (Å²) in [4.78, 5) is 5.15. The molecule has 21 heavy (non-hydrogen) atoms. The van der Waals surface area contributed by atoms with Crippen LogP contribution in [0, 0.1) is 0 Å². The van der Waals surface area contributed by atoms with E-state index in [2.05, 4.69) is 27.9 Å². The molecule has 0 spiro atoms. The van der Waals surface area contributed by atoms with Gasteiger partial charge in [0.25, 0.3) is 0 Å². The fourth-order valence-corrected chi connectivity index (χ4v) is 3.65. The molecule has 0 radical (unpaired) electrons. The minimum absolute atomic E-state index is 0.192. The number of amidine groups is 1. The van der Waals surface area contributed by atoms with E-state index in [9.17, 15) is 0 Å². The first-order valence-corrected chi connectivity index (χ1v) is 7.73. The molecule has 5 heteroatoms. The average Bonchev–Trinajstić information content (AvgIpc) is 2.94. The van der Waals surface area contributed by atoms with Gasteiger partial charge >= 0.3 is 0 Å². The Morgan fingerprint density at radius 2 is 2.19 bits per heavy atom. The molecule has 0 aromatic heterocycles. The number of piperazine rings is 1. The first-order chi connectivity index (χ1) is 10.2. The molecule has 1 aromatic carbocycles. The van der Waals surface area contributed by atoms with E-state index in [-0.39, 0.29) is 5.84 Å². The van der Waals surface area contributed by atoms with Crippen LogP contribution in [0.2, 0.25) is 0 Å². The molecule has 0 aliphatic carbocycles. The van der Waals surface area contributed by atoms with Gasteiger partial charge in [0.1, 0.15) is 0 Å². The summed E-state index contributed by atoms with van der Waals surface area (Å²) in [6.07, 6.45) is 2.64. The SMILES string of the molecule is CC1CN2CCCC2CN1Cc1ccccc1/C(N)=N/O. The van der Waals surface area contributed by atoms with E-state index in [1.165, 1.54) is 19.4 Å². The molecule has 2 heterocycles. The minimum atomic E-state index is 0.192. The Morgan fingerprint density at radius 1 is 1.38 bits per heavy atom. The molecular formula is C16H24N4O. The molecule has 2 fully saturated rings. The van der Waals surface area contributed by atoms with E-state index in [0.29, 0.717) is 12.1 Å². The van der Waals surface area contributed by atoms with Crippen LogP contribution in [0.4, 0.5) is 0 Å². The number of benzene rings is 1. The zero-order valence-corrected chi connectivity index (χ0v) is 12.6. The monoisotopic (exact) mass is 288 g/mol. The van der Waals surface area contributed by atoms with Crippen LogP contribution in [-0.2, 0) is 6.54 Å². The summed E-state index contributed by atoms with van der Waals surface area (Å²) in [5, 5.41) is 12.1. The number of rotatable bonds is 3. The molecule has 2 unspecified atom stereocenters. The third kappa shape index (κ3) is 2.89. The molecule has 2 atom stereocenters. The van der Waals surface area contributed by atoms with E-state index in [1.54, 1.807) is 0 Å². The van der Waals surface area contributed by atoms with Gasteiger partial charge in [-0.1, -0.05) is 29.4 Å². The van der Waals surface area contributed by atoms with Crippen LogP contribution in [0.3, 0.4) is 0 Å². The van der Waals surface area contributed by atoms with E-state index in [0.717, 1.165) is 30.8 Å². The van der Waals surface area contributed by atoms with Crippen LogP contribution in [0.5, 0.6) is 0 Å². The van der Waals surface area contributed by atoms with Crippen molar-refractivity contribution in [2.24, 2.45) is 10.9 Å². The standard InChI is InChI=1S/C16H24N4O/c1-12-9-19-8-4-6-14(19)11-20(12)10-13-5-2-3-7-15(13)16(17)18-21/h2-3,5,7,12,14,21H,4,6,8-11H2,1H3,(H2,17,18). The highest BCUT2D eigenvalue weighted by Crippen LogP contribution is 2.26. The Labute approximate surface area is 126 Å². The number of nitrogens with two attached hydrogens (primary N) is 1. The number of nitrogens with zero attached hydrogens (tertiary/aromatic N) is 3. The molecule has 0 saturated carbocycles. The highest BCUT2D eigenvalue weighted by atomic mass is 16.4. The molecule has 0 bridgehead atoms. The highest BCUT2D eigenvalue weighted by molar-refractivity contribution is 5.98. The van der Waals surface area contributed by atoms with Crippen molar-refractivity contribution in [3.8, 4) is 0 Å². The Hall–Kier alpha value is -1.59. The fraction of sp³-hybridized carbons (Fsp3) is 0.562. The van der Waals surface area contributed by atoms with Crippen molar-refractivity contribution < 1.29 is 5.21 Å². The Morgan fingerprint density at radius 3 is 3.00 bits per heavy atom. The van der Waals surface area contributed by atoms with Crippen molar-refractivity contribution >= 4 is 5.84 Å². The summed E-state index contributed by atoms with van der Waals surface area (Å²) < 4.78 is 0. The first-order valence-electron chi connectivity index (χ1n) is 7.73. The Bertz CT molecular complexity index is 531. The quantitative estimate of drug-likeness (QED) is 0.382. The molecule has 2 saturated heterocycles. The van der Waals surface area contributed by atoms with Gasteiger partial charge < -0.3 is 10.9 Å². The molecule has 3 rings (SSSR count). The summed E-state index contributed by atoms with van der Waals surface area (Å²) in [6.45, 7) is 6.67. The van der Waals surface area contributed by atoms with Gasteiger partial charge in [0.15, 0.2) is 5.84 Å². The second-order valence-electron chi connectivity index (χ2n) is 6.21. The number of oxime groups is 1. The van der Waals surface area contributed by atoms with Crippen LogP contribution in [0.15, 0.2) is 29.4 Å². The summed E-state index contributed by atoms with van der Waals surface area (Å²) >= 11 is 0. The lowest BCUT2D eigenvalue weighted by atomic mass is 10.0. The lowest BCUT2D eigenvalue weighted by Gasteiger charge is -2.42. The lowest BCUT2D eigenvalue weighted by molar-refractivity contribution is 0.0540. The van der Waals surface area contributed by atoms with Crippen LogP contribution >= 0.6 is 0 Å². The maximum atomic E-state index is 8.94. The smallest absolute Gasteiger partial charge is 0.170 e. The van der Waals surface area contributed by atoms with Gasteiger partial charge in [0, 0.05) is 37.3 Å². The predicted molar refractivity (Wildman–Crippen MR) is 83.4 cm³/mol. The van der Waals surface area contributed by atoms with Crippen LogP contribution < -0.4 is 5.73 Å². The third-order valence-corrected chi connectivity index (χ3v) is 4.84. The summed E-state index contributed by atoms with van der Waals surface area (Å²) in [7, 11) is 0. The normalized spacial score (nSPS) is 27.8. The number of hydrogen-bond acceptors (Lipinski definition) is 4. The maximum Gasteiger partial charge on any atom is 0.170 e. The maximum absolute atomic E-state index is 8.94. The van der Waals surface area contributed by atoms with Crippen LogP contribution in [0.25, 0.3) is 0 Å². The molecule has 114 valence electrons. The molecular weight excluding hydrogens is 264 g/mol. The van der Waals surface area contributed by atoms with Crippen LogP contribution in [0.1, 0.15) is 30.9 Å². The largest absolute Gasteiger partial charge is 0.409 e. The van der Waals surface area contributed by atoms with Gasteiger partial charge in [0.2, 0.25) is 0 Å². The predicted octanol–water partition coefficient (Wildman–Crippen LogP) is 1.45. The third-order valence-electron chi connectivity index (χ3n) is 4.84. The van der Waals surface area contributed by atoms with Crippen molar-refractivity contribution in [1.29, 1.82) is 0 Å². The Balaban J connectivity index is 1.77. The molecule has 2 aliphatic rings. The molecule has 0 amide bonds. The summed E-state index contributed by atoms with van der Waals surface area (Å²) in [5.74, 6) is 0.192. The summed E-state index contributed by atoms with van der Waals surface area (Å²) in [6, 6.07) is 9.17. The van der Waals surface area contributed by atoms with Crippen molar-refractivity contribution in [3.63, 3.8) is 0 Å². The van der Waals surface area contributed by atoms with Gasteiger partial charge in [-0.15, -0.1) is 0 Å². The second-order valence-corrected chi connectivity index (χ2v) is 6.21. The van der Waals surface area contributed by atoms with Gasteiger partial charge in [-0.25, -0.2) is 0 Å². The number of hydrogen-bond donors (Lipinski definition) is 2. The van der Waals surface area contributed by atoms with Gasteiger partial charge in [0.05, 0.1) is 0 Å². The van der Waals surface area contributed by atoms with Crippen molar-refractivity contribution in [3.05, 3.63) is 35.4 Å². The summed E-state index contributed by atoms with van der Waals surface area (Å²) in [5.41, 5.74) is 7.76. The van der Waals surface area contributed by atoms with Crippen molar-refractivity contribution in [1.82, 2.24) is 9.80 Å². The highest BCUT2D eigenvalue weighted by Gasteiger charge is 2.34. The number of fused-ring (bicyclic) bond motifs is 1. The molecule has 2 aliphatic heterocycles. The zero-order chi connectivity index (χ0) is 14.8. The molecule has 1 aromatic rings. The van der Waals surface area contributed by atoms with Gasteiger partial charge in [-0.3, -0.25) is 9.80 Å². The van der Waals surface area contributed by atoms with E-state index >= 15 is 0 Å². The van der Waals surface area contributed by atoms with E-state index in [4.69, 9.17) is 10.9 Å². The van der Waals surface area contributed by atoms with Crippen molar-refractivity contribution in [2.45, 2.75) is 38.4 Å². The molecule has 3 N–H and O–H groups in total. The van der Waals surface area contributed by atoms with Gasteiger partial charge in [-0.2, -0.15) is 0 Å². The second kappa shape index (κ2) is 6.03. The minimum Gasteiger partial charge on any atom is -0.409 e. The average molecular weight is 288 g/mol. The van der Waals surface area contributed by atoms with Gasteiger partial charge in [-0.05, 0) is 31.9 Å². The van der Waals surface area contributed by atoms with E-state index in [1.807, 2.05) is 18.2 Å². The Kier molecular flexibility index (Phi) is 4.12. The van der Waals surface area contributed by atoms with E-state index < -0.39 is 0 Å². The fourth-order valence-electron chi connectivity index (χ4n) is 3.65. The van der Waals surface area contributed by atoms with Crippen LogP contribution in [-0.4, -0.2) is 52.6 Å². The topological polar surface area (TPSA) is 65.1 Å². The lowest BCUT2D eigenvalue weighted by Crippen LogP contribution is -2.54. The first kappa shape index (κ1) is 14.4. The zero-order valence-electron chi connectivity index (χ0n) is 12.6. The van der Waals surface area contributed by atoms with Crippen molar-refractivity contribution in [2.75, 3.05) is 19.6 Å². The molecule has 5 nitrogen and oxygen atoms in total.